The highest BCUT2D eigenvalue weighted by Gasteiger charge is 2.17. The number of hydrogen-bond acceptors (Lipinski definition) is 3. The van der Waals surface area contributed by atoms with E-state index < -0.39 is 5.97 Å². The summed E-state index contributed by atoms with van der Waals surface area (Å²) < 4.78 is 0. The highest BCUT2D eigenvalue weighted by atomic mass is 16.4. The molecule has 0 spiro atoms. The van der Waals surface area contributed by atoms with Crippen LogP contribution in [0.25, 0.3) is 0 Å². The molecule has 0 aromatic heterocycles. The fourth-order valence-corrected chi connectivity index (χ4v) is 1.79. The molecule has 2 amide bonds. The van der Waals surface area contributed by atoms with E-state index in [1.54, 1.807) is 4.90 Å². The molecule has 0 fully saturated rings. The summed E-state index contributed by atoms with van der Waals surface area (Å²) >= 11 is 0. The minimum absolute atomic E-state index is 0.0326. The minimum atomic E-state index is -1.13. The molecule has 1 aromatic rings. The van der Waals surface area contributed by atoms with E-state index in [0.717, 1.165) is 12.5 Å². The lowest BCUT2D eigenvalue weighted by Gasteiger charge is -2.26. The van der Waals surface area contributed by atoms with Crippen molar-refractivity contribution in [3.63, 3.8) is 0 Å². The Morgan fingerprint density at radius 3 is 2.45 bits per heavy atom. The minimum Gasteiger partial charge on any atom is -0.506 e. The number of benzene rings is 1. The van der Waals surface area contributed by atoms with Crippen LogP contribution in [0.15, 0.2) is 18.2 Å². The van der Waals surface area contributed by atoms with Crippen molar-refractivity contribution in [2.24, 2.45) is 0 Å². The first kappa shape index (κ1) is 15.8. The lowest BCUT2D eigenvalue weighted by atomic mass is 10.2. The molecule has 0 aliphatic carbocycles. The Morgan fingerprint density at radius 2 is 2.00 bits per heavy atom. The van der Waals surface area contributed by atoms with Crippen molar-refractivity contribution < 1.29 is 19.8 Å². The fraction of sp³-hybridized carbons (Fsp3) is 0.429. The molecule has 1 rings (SSSR count). The topological polar surface area (TPSA) is 89.9 Å². The van der Waals surface area contributed by atoms with Crippen molar-refractivity contribution >= 4 is 17.7 Å². The van der Waals surface area contributed by atoms with Gasteiger partial charge in [0.2, 0.25) is 0 Å². The van der Waals surface area contributed by atoms with E-state index in [2.05, 4.69) is 5.32 Å². The van der Waals surface area contributed by atoms with E-state index in [-0.39, 0.29) is 29.1 Å². The summed E-state index contributed by atoms with van der Waals surface area (Å²) in [4.78, 5) is 24.5. The second kappa shape index (κ2) is 6.79. The summed E-state index contributed by atoms with van der Waals surface area (Å²) in [6.45, 7) is 6.39. The number of carbonyl (C=O) groups is 2. The number of carboxylic acid groups (broad SMARTS) is 1. The Balaban J connectivity index is 2.87. The molecule has 20 heavy (non-hydrogen) atoms. The number of hydrogen-bond donors (Lipinski definition) is 3. The second-order valence-electron chi connectivity index (χ2n) is 4.75. The summed E-state index contributed by atoms with van der Waals surface area (Å²) in [5.74, 6) is -1.40. The molecule has 0 saturated carbocycles. The second-order valence-corrected chi connectivity index (χ2v) is 4.75. The van der Waals surface area contributed by atoms with Gasteiger partial charge in [0.1, 0.15) is 5.75 Å². The first-order chi connectivity index (χ1) is 9.36. The molecular weight excluding hydrogens is 260 g/mol. The molecule has 0 unspecified atom stereocenters. The Labute approximate surface area is 118 Å². The van der Waals surface area contributed by atoms with Gasteiger partial charge in [-0.25, -0.2) is 9.59 Å². The molecule has 0 aliphatic heterocycles. The number of carbonyl (C=O) groups excluding carboxylic acids is 1. The standard InChI is InChI=1S/C14H20N2O4/c1-4-7-16(9(2)3)14(20)15-11-6-5-10(13(18)19)8-12(11)17/h5-6,8-9,17H,4,7H2,1-3H3,(H,15,20)(H,18,19). The van der Waals surface area contributed by atoms with Crippen molar-refractivity contribution in [3.8, 4) is 5.75 Å². The van der Waals surface area contributed by atoms with Crippen molar-refractivity contribution in [2.45, 2.75) is 33.2 Å². The van der Waals surface area contributed by atoms with Gasteiger partial charge >= 0.3 is 12.0 Å². The van der Waals surface area contributed by atoms with Gasteiger partial charge in [0.25, 0.3) is 0 Å². The molecule has 3 N–H and O–H groups in total. The van der Waals surface area contributed by atoms with Crippen LogP contribution in [0.5, 0.6) is 5.75 Å². The predicted octanol–water partition coefficient (Wildman–Crippen LogP) is 2.74. The Morgan fingerprint density at radius 1 is 1.35 bits per heavy atom. The van der Waals surface area contributed by atoms with Gasteiger partial charge in [-0.1, -0.05) is 6.92 Å². The predicted molar refractivity (Wildman–Crippen MR) is 76.2 cm³/mol. The molecule has 0 radical (unpaired) electrons. The normalized spacial score (nSPS) is 10.4. The summed E-state index contributed by atoms with van der Waals surface area (Å²) in [7, 11) is 0. The summed E-state index contributed by atoms with van der Waals surface area (Å²) in [6, 6.07) is 3.53. The third kappa shape index (κ3) is 3.88. The maximum atomic E-state index is 12.1. The molecule has 0 heterocycles. The zero-order valence-corrected chi connectivity index (χ0v) is 11.9. The van der Waals surface area contributed by atoms with Crippen molar-refractivity contribution in [1.82, 2.24) is 4.90 Å². The highest BCUT2D eigenvalue weighted by Crippen LogP contribution is 2.24. The van der Waals surface area contributed by atoms with Crippen LogP contribution in [0, 0.1) is 0 Å². The molecule has 0 atom stereocenters. The van der Waals surface area contributed by atoms with E-state index in [4.69, 9.17) is 5.11 Å². The van der Waals surface area contributed by atoms with Crippen LogP contribution < -0.4 is 5.32 Å². The van der Waals surface area contributed by atoms with Crippen molar-refractivity contribution in [3.05, 3.63) is 23.8 Å². The van der Waals surface area contributed by atoms with E-state index in [9.17, 15) is 14.7 Å². The number of carboxylic acids is 1. The van der Waals surface area contributed by atoms with Gasteiger partial charge in [-0.05, 0) is 38.5 Å². The van der Waals surface area contributed by atoms with Crippen LogP contribution in [0.1, 0.15) is 37.6 Å². The van der Waals surface area contributed by atoms with Crippen LogP contribution in [0.2, 0.25) is 0 Å². The average Bonchev–Trinajstić information content (AvgIpc) is 2.37. The van der Waals surface area contributed by atoms with Crippen LogP contribution in [0.3, 0.4) is 0 Å². The van der Waals surface area contributed by atoms with Crippen molar-refractivity contribution in [2.75, 3.05) is 11.9 Å². The van der Waals surface area contributed by atoms with Gasteiger partial charge in [0, 0.05) is 12.6 Å². The number of nitrogens with one attached hydrogen (secondary N) is 1. The summed E-state index contributed by atoms with van der Waals surface area (Å²) in [5.41, 5.74) is 0.163. The number of nitrogens with zero attached hydrogens (tertiary/aromatic N) is 1. The maximum Gasteiger partial charge on any atom is 0.335 e. The molecule has 0 bridgehead atoms. The Bertz CT molecular complexity index is 500. The van der Waals surface area contributed by atoms with Gasteiger partial charge < -0.3 is 20.4 Å². The number of rotatable bonds is 5. The summed E-state index contributed by atoms with van der Waals surface area (Å²) in [5, 5.41) is 21.1. The van der Waals surface area contributed by atoms with Crippen LogP contribution in [0.4, 0.5) is 10.5 Å². The Hall–Kier alpha value is -2.24. The number of phenolic OH excluding ortho intramolecular Hbond substituents is 1. The maximum absolute atomic E-state index is 12.1. The SMILES string of the molecule is CCCN(C(=O)Nc1ccc(C(=O)O)cc1O)C(C)C. The number of urea groups is 1. The summed E-state index contributed by atoms with van der Waals surface area (Å²) in [6.07, 6.45) is 0.829. The van der Waals surface area contributed by atoms with E-state index in [1.165, 1.54) is 12.1 Å². The van der Waals surface area contributed by atoms with Crippen LogP contribution in [-0.2, 0) is 0 Å². The number of aromatic carboxylic acids is 1. The first-order valence-electron chi connectivity index (χ1n) is 6.50. The first-order valence-corrected chi connectivity index (χ1v) is 6.50. The number of phenols is 1. The average molecular weight is 280 g/mol. The van der Waals surface area contributed by atoms with Gasteiger partial charge in [-0.3, -0.25) is 0 Å². The molecule has 1 aromatic carbocycles. The lowest BCUT2D eigenvalue weighted by Crippen LogP contribution is -2.40. The number of aromatic hydroxyl groups is 1. The van der Waals surface area contributed by atoms with Gasteiger partial charge in [-0.2, -0.15) is 0 Å². The van der Waals surface area contributed by atoms with Gasteiger partial charge in [0.15, 0.2) is 0 Å². The quantitative estimate of drug-likeness (QED) is 0.723. The smallest absolute Gasteiger partial charge is 0.335 e. The number of anilines is 1. The molecule has 0 aliphatic rings. The van der Waals surface area contributed by atoms with Gasteiger partial charge in [-0.15, -0.1) is 0 Å². The largest absolute Gasteiger partial charge is 0.506 e. The number of amides is 2. The fourth-order valence-electron chi connectivity index (χ4n) is 1.79. The van der Waals surface area contributed by atoms with Gasteiger partial charge in [0.05, 0.1) is 11.3 Å². The zero-order chi connectivity index (χ0) is 15.3. The molecular formula is C14H20N2O4. The van der Waals surface area contributed by atoms with E-state index in [1.807, 2.05) is 20.8 Å². The zero-order valence-electron chi connectivity index (χ0n) is 11.9. The monoisotopic (exact) mass is 280 g/mol. The molecule has 6 nitrogen and oxygen atoms in total. The molecule has 6 heteroatoms. The lowest BCUT2D eigenvalue weighted by molar-refractivity contribution is 0.0696. The Kier molecular flexibility index (Phi) is 5.37. The molecule has 0 saturated heterocycles. The van der Waals surface area contributed by atoms with Crippen molar-refractivity contribution in [1.29, 1.82) is 0 Å². The van der Waals surface area contributed by atoms with E-state index in [0.29, 0.717) is 6.54 Å². The van der Waals surface area contributed by atoms with Crippen LogP contribution in [-0.4, -0.2) is 39.7 Å². The highest BCUT2D eigenvalue weighted by molar-refractivity contribution is 5.93. The van der Waals surface area contributed by atoms with Crippen LogP contribution >= 0.6 is 0 Å². The molecule has 110 valence electrons. The van der Waals surface area contributed by atoms with E-state index >= 15 is 0 Å². The third-order valence-corrected chi connectivity index (χ3v) is 2.84. The third-order valence-electron chi connectivity index (χ3n) is 2.84.